The smallest absolute Gasteiger partial charge is 0.255 e. The van der Waals surface area contributed by atoms with Gasteiger partial charge in [-0.25, -0.2) is 4.98 Å². The first kappa shape index (κ1) is 18.8. The summed E-state index contributed by atoms with van der Waals surface area (Å²) < 4.78 is 5.94. The fraction of sp³-hybridized carbons (Fsp3) is 0.478. The third-order valence-electron chi connectivity index (χ3n) is 5.94. The Morgan fingerprint density at radius 3 is 2.71 bits per heavy atom. The number of carbonyl (C=O) groups is 1. The second-order valence-corrected chi connectivity index (χ2v) is 8.76. The van der Waals surface area contributed by atoms with Crippen molar-refractivity contribution in [1.82, 2.24) is 10.3 Å². The average Bonchev–Trinajstić information content (AvgIpc) is 2.69. The highest BCUT2D eigenvalue weighted by atomic mass is 16.5. The lowest BCUT2D eigenvalue weighted by molar-refractivity contribution is 0.0904. The van der Waals surface area contributed by atoms with Gasteiger partial charge in [0.15, 0.2) is 5.75 Å². The van der Waals surface area contributed by atoms with E-state index in [4.69, 9.17) is 4.74 Å². The molecule has 1 aliphatic heterocycles. The van der Waals surface area contributed by atoms with Gasteiger partial charge in [-0.15, -0.1) is 0 Å². The molecule has 1 amide bonds. The fourth-order valence-electron chi connectivity index (χ4n) is 4.09. The van der Waals surface area contributed by atoms with Crippen molar-refractivity contribution in [2.45, 2.75) is 52.5 Å². The molecule has 4 rings (SSSR count). The molecule has 1 fully saturated rings. The number of nitrogens with zero attached hydrogens (tertiary/aromatic N) is 2. The van der Waals surface area contributed by atoms with Gasteiger partial charge in [-0.05, 0) is 61.8 Å². The van der Waals surface area contributed by atoms with E-state index in [-0.39, 0.29) is 11.9 Å². The molecule has 2 aromatic rings. The molecule has 5 heteroatoms. The Hall–Kier alpha value is -2.56. The molecule has 0 radical (unpaired) electrons. The summed E-state index contributed by atoms with van der Waals surface area (Å²) in [4.78, 5) is 19.7. The third-order valence-corrected chi connectivity index (χ3v) is 5.94. The lowest BCUT2D eigenvalue weighted by Gasteiger charge is -2.35. The quantitative estimate of drug-likeness (QED) is 0.845. The van der Waals surface area contributed by atoms with E-state index in [0.29, 0.717) is 29.9 Å². The highest BCUT2D eigenvalue weighted by Gasteiger charge is 2.30. The standard InChI is InChI=1S/C23H29N3O2/c1-16-7-8-20(24-15-16)26-13-14-28-21-18(5-4-6-19(21)26)22(27)25-17-9-11-23(2,3)12-10-17/h4-8,15,17H,9-14H2,1-3H3,(H,25,27). The van der Waals surface area contributed by atoms with Crippen LogP contribution in [-0.4, -0.2) is 30.1 Å². The Morgan fingerprint density at radius 2 is 2.00 bits per heavy atom. The van der Waals surface area contributed by atoms with E-state index < -0.39 is 0 Å². The molecule has 1 N–H and O–H groups in total. The molecule has 1 aromatic heterocycles. The number of anilines is 2. The van der Waals surface area contributed by atoms with Crippen molar-refractivity contribution in [1.29, 1.82) is 0 Å². The predicted octanol–water partition coefficient (Wildman–Crippen LogP) is 4.62. The summed E-state index contributed by atoms with van der Waals surface area (Å²) in [5.74, 6) is 1.49. The van der Waals surface area contributed by atoms with Gasteiger partial charge < -0.3 is 15.0 Å². The molecule has 0 atom stereocenters. The van der Waals surface area contributed by atoms with Crippen molar-refractivity contribution >= 4 is 17.4 Å². The van der Waals surface area contributed by atoms with Crippen LogP contribution in [0.5, 0.6) is 5.75 Å². The van der Waals surface area contributed by atoms with Crippen molar-refractivity contribution in [3.63, 3.8) is 0 Å². The van der Waals surface area contributed by atoms with Crippen molar-refractivity contribution in [2.75, 3.05) is 18.1 Å². The predicted molar refractivity (Wildman–Crippen MR) is 111 cm³/mol. The summed E-state index contributed by atoms with van der Waals surface area (Å²) in [6.45, 7) is 7.88. The van der Waals surface area contributed by atoms with Gasteiger partial charge in [0.1, 0.15) is 12.4 Å². The molecule has 0 bridgehead atoms. The molecule has 148 valence electrons. The number of hydrogen-bond acceptors (Lipinski definition) is 4. The summed E-state index contributed by atoms with van der Waals surface area (Å²) in [5.41, 5.74) is 3.03. The topological polar surface area (TPSA) is 54.5 Å². The van der Waals surface area contributed by atoms with E-state index >= 15 is 0 Å². The van der Waals surface area contributed by atoms with Gasteiger partial charge in [0, 0.05) is 12.2 Å². The lowest BCUT2D eigenvalue weighted by atomic mass is 9.75. The van der Waals surface area contributed by atoms with Crippen molar-refractivity contribution < 1.29 is 9.53 Å². The second kappa shape index (κ2) is 7.46. The molecule has 2 aliphatic rings. The molecule has 2 heterocycles. The second-order valence-electron chi connectivity index (χ2n) is 8.76. The summed E-state index contributed by atoms with van der Waals surface area (Å²) in [7, 11) is 0. The van der Waals surface area contributed by atoms with Gasteiger partial charge in [-0.1, -0.05) is 26.0 Å². The Balaban J connectivity index is 1.56. The number of para-hydroxylation sites is 1. The number of benzene rings is 1. The summed E-state index contributed by atoms with van der Waals surface area (Å²) in [6.07, 6.45) is 6.23. The van der Waals surface area contributed by atoms with Crippen LogP contribution < -0.4 is 15.0 Å². The summed E-state index contributed by atoms with van der Waals surface area (Å²) >= 11 is 0. The fourth-order valence-corrected chi connectivity index (χ4v) is 4.09. The Morgan fingerprint density at radius 1 is 1.21 bits per heavy atom. The van der Waals surface area contributed by atoms with Crippen LogP contribution in [0.15, 0.2) is 36.5 Å². The van der Waals surface area contributed by atoms with Crippen LogP contribution in [0.4, 0.5) is 11.5 Å². The van der Waals surface area contributed by atoms with E-state index in [1.54, 1.807) is 0 Å². The van der Waals surface area contributed by atoms with E-state index in [1.165, 1.54) is 0 Å². The zero-order chi connectivity index (χ0) is 19.7. The largest absolute Gasteiger partial charge is 0.489 e. The number of amides is 1. The van der Waals surface area contributed by atoms with Crippen LogP contribution >= 0.6 is 0 Å². The molecular formula is C23H29N3O2. The Labute approximate surface area is 167 Å². The highest BCUT2D eigenvalue weighted by Crippen LogP contribution is 2.39. The number of aromatic nitrogens is 1. The van der Waals surface area contributed by atoms with E-state index in [1.807, 2.05) is 37.4 Å². The van der Waals surface area contributed by atoms with Crippen LogP contribution in [0.3, 0.4) is 0 Å². The highest BCUT2D eigenvalue weighted by molar-refractivity contribution is 5.99. The van der Waals surface area contributed by atoms with E-state index in [2.05, 4.69) is 35.1 Å². The first-order valence-electron chi connectivity index (χ1n) is 10.2. The van der Waals surface area contributed by atoms with Crippen LogP contribution in [0.25, 0.3) is 0 Å². The molecule has 5 nitrogen and oxygen atoms in total. The normalized spacial score (nSPS) is 18.9. The SMILES string of the molecule is Cc1ccc(N2CCOc3c(C(=O)NC4CCC(C)(C)CC4)cccc32)nc1. The molecule has 0 saturated heterocycles. The number of aryl methyl sites for hydroxylation is 1. The molecule has 1 aliphatic carbocycles. The number of nitrogens with one attached hydrogen (secondary N) is 1. The molecule has 1 aromatic carbocycles. The van der Waals surface area contributed by atoms with Gasteiger partial charge in [0.05, 0.1) is 17.8 Å². The van der Waals surface area contributed by atoms with Crippen molar-refractivity contribution in [3.8, 4) is 5.75 Å². The van der Waals surface area contributed by atoms with Crippen LogP contribution in [0.2, 0.25) is 0 Å². The number of pyridine rings is 1. The first-order chi connectivity index (χ1) is 13.4. The number of hydrogen-bond donors (Lipinski definition) is 1. The lowest BCUT2D eigenvalue weighted by Crippen LogP contribution is -2.39. The molecule has 0 spiro atoms. The number of carbonyl (C=O) groups excluding carboxylic acids is 1. The van der Waals surface area contributed by atoms with Crippen LogP contribution in [0, 0.1) is 12.3 Å². The minimum absolute atomic E-state index is 0.0414. The average molecular weight is 380 g/mol. The van der Waals surface area contributed by atoms with Gasteiger partial charge >= 0.3 is 0 Å². The molecule has 1 saturated carbocycles. The maximum atomic E-state index is 13.0. The van der Waals surface area contributed by atoms with Gasteiger partial charge in [-0.3, -0.25) is 4.79 Å². The Bertz CT molecular complexity index is 851. The van der Waals surface area contributed by atoms with Gasteiger partial charge in [0.2, 0.25) is 0 Å². The molecular weight excluding hydrogens is 350 g/mol. The number of fused-ring (bicyclic) bond motifs is 1. The number of ether oxygens (including phenoxy) is 1. The summed E-state index contributed by atoms with van der Waals surface area (Å²) in [5, 5.41) is 3.23. The van der Waals surface area contributed by atoms with E-state index in [0.717, 1.165) is 42.8 Å². The maximum absolute atomic E-state index is 13.0. The van der Waals surface area contributed by atoms with E-state index in [9.17, 15) is 4.79 Å². The molecule has 0 unspecified atom stereocenters. The van der Waals surface area contributed by atoms with Crippen molar-refractivity contribution in [3.05, 3.63) is 47.7 Å². The monoisotopic (exact) mass is 379 g/mol. The van der Waals surface area contributed by atoms with Gasteiger partial charge in [0.25, 0.3) is 5.91 Å². The zero-order valence-corrected chi connectivity index (χ0v) is 17.0. The van der Waals surface area contributed by atoms with Crippen LogP contribution in [-0.2, 0) is 0 Å². The maximum Gasteiger partial charge on any atom is 0.255 e. The first-order valence-corrected chi connectivity index (χ1v) is 10.2. The Kier molecular flexibility index (Phi) is 5.00. The minimum atomic E-state index is -0.0414. The third kappa shape index (κ3) is 3.84. The van der Waals surface area contributed by atoms with Gasteiger partial charge in [-0.2, -0.15) is 0 Å². The van der Waals surface area contributed by atoms with Crippen LogP contribution in [0.1, 0.15) is 55.5 Å². The molecule has 28 heavy (non-hydrogen) atoms. The summed E-state index contributed by atoms with van der Waals surface area (Å²) in [6, 6.07) is 10.1. The van der Waals surface area contributed by atoms with Crippen molar-refractivity contribution in [2.24, 2.45) is 5.41 Å². The number of rotatable bonds is 3. The minimum Gasteiger partial charge on any atom is -0.489 e. The zero-order valence-electron chi connectivity index (χ0n) is 17.0.